The third-order valence-electron chi connectivity index (χ3n) is 5.21. The molecule has 5 rings (SSSR count). The molecule has 0 aliphatic carbocycles. The van der Waals surface area contributed by atoms with Crippen LogP contribution in [-0.4, -0.2) is 32.0 Å². The Labute approximate surface area is 111 Å². The highest BCUT2D eigenvalue weighted by molar-refractivity contribution is 7.09. The quantitative estimate of drug-likeness (QED) is 0.678. The Morgan fingerprint density at radius 1 is 1.17 bits per heavy atom. The molecule has 1 aromatic rings. The van der Waals surface area contributed by atoms with Crippen LogP contribution in [0.5, 0.6) is 0 Å². The van der Waals surface area contributed by atoms with E-state index in [1.807, 2.05) is 11.3 Å². The highest BCUT2D eigenvalue weighted by atomic mass is 32.1. The Morgan fingerprint density at radius 3 is 2.17 bits per heavy atom. The summed E-state index contributed by atoms with van der Waals surface area (Å²) in [5.41, 5.74) is -0.132. The Kier molecular flexibility index (Phi) is 2.01. The minimum Gasteiger partial charge on any atom is -0.297 e. The minimum absolute atomic E-state index is 0.0658. The van der Waals surface area contributed by atoms with Gasteiger partial charge in [-0.3, -0.25) is 14.6 Å². The molecular weight excluding hydrogens is 244 g/mol. The first-order valence-electron chi connectivity index (χ1n) is 6.79. The number of thiophene rings is 1. The second kappa shape index (κ2) is 3.24. The fraction of sp³-hybridized carbons (Fsp3) is 0.643. The van der Waals surface area contributed by atoms with Crippen LogP contribution in [0.2, 0.25) is 0 Å². The van der Waals surface area contributed by atoms with Gasteiger partial charge in [-0.1, -0.05) is 6.07 Å². The maximum atomic E-state index is 12.6. The monoisotopic (exact) mass is 264 g/mol. The van der Waals surface area contributed by atoms with Gasteiger partial charge in [0.25, 0.3) is 0 Å². The van der Waals surface area contributed by atoms with Crippen molar-refractivity contribution in [3.63, 3.8) is 0 Å². The number of carbonyl (C=O) groups is 1. The van der Waals surface area contributed by atoms with E-state index < -0.39 is 0 Å². The van der Waals surface area contributed by atoms with Gasteiger partial charge in [-0.05, 0) is 25.3 Å². The molecule has 4 bridgehead atoms. The first kappa shape index (κ1) is 11.1. The van der Waals surface area contributed by atoms with Crippen LogP contribution in [-0.2, 0) is 4.79 Å². The van der Waals surface area contributed by atoms with Crippen LogP contribution < -0.4 is 9.80 Å². The zero-order chi connectivity index (χ0) is 12.5. The molecule has 3 nitrogen and oxygen atoms in total. The van der Waals surface area contributed by atoms with Gasteiger partial charge in [0.2, 0.25) is 6.17 Å². The molecule has 0 aromatic carbocycles. The molecule has 0 atom stereocenters. The summed E-state index contributed by atoms with van der Waals surface area (Å²) in [5, 5.41) is 2.18. The van der Waals surface area contributed by atoms with Gasteiger partial charge in [0.15, 0.2) is 5.78 Å². The number of carbonyl (C=O) groups excluding carboxylic acids is 1. The van der Waals surface area contributed by atoms with Crippen LogP contribution >= 0.6 is 11.3 Å². The van der Waals surface area contributed by atoms with Crippen LogP contribution in [0, 0.1) is 10.8 Å². The summed E-state index contributed by atoms with van der Waals surface area (Å²) in [4.78, 5) is 17.4. The SMILES string of the molecule is CC12C[NH+]3CC(C)(C[NH+](C1)C3c1cccs1)C2=O. The van der Waals surface area contributed by atoms with E-state index in [1.165, 1.54) is 4.88 Å². The first-order chi connectivity index (χ1) is 8.52. The summed E-state index contributed by atoms with van der Waals surface area (Å²) in [7, 11) is 0. The number of ketones is 1. The van der Waals surface area contributed by atoms with Crippen LogP contribution in [0.3, 0.4) is 0 Å². The van der Waals surface area contributed by atoms with Gasteiger partial charge < -0.3 is 0 Å². The number of piperidine rings is 2. The van der Waals surface area contributed by atoms with Gasteiger partial charge >= 0.3 is 0 Å². The molecule has 4 fully saturated rings. The molecule has 0 amide bonds. The fourth-order valence-corrected chi connectivity index (χ4v) is 5.80. The molecule has 4 heteroatoms. The van der Waals surface area contributed by atoms with E-state index in [0.717, 1.165) is 26.2 Å². The maximum Gasteiger partial charge on any atom is 0.249 e. The second-order valence-electron chi connectivity index (χ2n) is 6.92. The van der Waals surface area contributed by atoms with Crippen molar-refractivity contribution in [1.82, 2.24) is 0 Å². The number of Topliss-reactive ketones (excluding diaryl/α,β-unsaturated/α-hetero) is 1. The summed E-state index contributed by atoms with van der Waals surface area (Å²) >= 11 is 1.87. The van der Waals surface area contributed by atoms with Crippen molar-refractivity contribution in [3.8, 4) is 0 Å². The van der Waals surface area contributed by atoms with Crippen LogP contribution in [0.1, 0.15) is 24.9 Å². The van der Waals surface area contributed by atoms with Crippen molar-refractivity contribution >= 4 is 17.1 Å². The number of nitrogens with one attached hydrogen (secondary N) is 2. The summed E-state index contributed by atoms with van der Waals surface area (Å²) in [6, 6.07) is 4.42. The zero-order valence-electron chi connectivity index (χ0n) is 11.0. The Hall–Kier alpha value is -0.710. The average molecular weight is 264 g/mol. The predicted octanol–water partition coefficient (Wildman–Crippen LogP) is -0.861. The largest absolute Gasteiger partial charge is 0.297 e. The Bertz CT molecular complexity index is 470. The average Bonchev–Trinajstić information content (AvgIpc) is 2.77. The molecule has 18 heavy (non-hydrogen) atoms. The fourth-order valence-electron chi connectivity index (χ4n) is 4.86. The van der Waals surface area contributed by atoms with E-state index in [0.29, 0.717) is 11.9 Å². The molecule has 4 aliphatic rings. The summed E-state index contributed by atoms with van der Waals surface area (Å²) in [5.74, 6) is 0.534. The van der Waals surface area contributed by atoms with Crippen molar-refractivity contribution in [3.05, 3.63) is 22.4 Å². The molecule has 2 N–H and O–H groups in total. The third-order valence-corrected chi connectivity index (χ3v) is 6.15. The first-order valence-corrected chi connectivity index (χ1v) is 7.67. The van der Waals surface area contributed by atoms with E-state index in [4.69, 9.17) is 0 Å². The molecule has 0 unspecified atom stereocenters. The molecule has 96 valence electrons. The van der Waals surface area contributed by atoms with Crippen molar-refractivity contribution < 1.29 is 14.6 Å². The molecule has 0 spiro atoms. The Morgan fingerprint density at radius 2 is 1.72 bits per heavy atom. The summed E-state index contributed by atoms with van der Waals surface area (Å²) in [6.45, 7) is 8.52. The molecule has 5 heterocycles. The van der Waals surface area contributed by atoms with E-state index >= 15 is 0 Å². The topological polar surface area (TPSA) is 26.0 Å². The molecule has 1 aromatic heterocycles. The third kappa shape index (κ3) is 1.23. The van der Waals surface area contributed by atoms with E-state index in [-0.39, 0.29) is 10.8 Å². The van der Waals surface area contributed by atoms with Gasteiger partial charge in [0.1, 0.15) is 41.9 Å². The van der Waals surface area contributed by atoms with Crippen LogP contribution in [0.15, 0.2) is 17.5 Å². The van der Waals surface area contributed by atoms with Gasteiger partial charge in [-0.2, -0.15) is 0 Å². The normalized spacial score (nSPS) is 49.9. The minimum atomic E-state index is -0.0658. The lowest BCUT2D eigenvalue weighted by Crippen LogP contribution is -3.41. The van der Waals surface area contributed by atoms with E-state index in [1.54, 1.807) is 9.80 Å². The van der Waals surface area contributed by atoms with Crippen molar-refractivity contribution in [2.45, 2.75) is 20.0 Å². The lowest BCUT2D eigenvalue weighted by Gasteiger charge is -2.58. The van der Waals surface area contributed by atoms with Gasteiger partial charge in [0.05, 0.1) is 0 Å². The van der Waals surface area contributed by atoms with Gasteiger partial charge in [-0.15, -0.1) is 11.3 Å². The van der Waals surface area contributed by atoms with Crippen LogP contribution in [0.4, 0.5) is 0 Å². The van der Waals surface area contributed by atoms with E-state index in [2.05, 4.69) is 31.4 Å². The molecule has 4 saturated heterocycles. The smallest absolute Gasteiger partial charge is 0.249 e. The summed E-state index contributed by atoms with van der Waals surface area (Å²) in [6.07, 6.45) is 0.583. The predicted molar refractivity (Wildman–Crippen MR) is 69.7 cm³/mol. The molecule has 0 saturated carbocycles. The van der Waals surface area contributed by atoms with Crippen LogP contribution in [0.25, 0.3) is 0 Å². The number of rotatable bonds is 1. The highest BCUT2D eigenvalue weighted by Crippen LogP contribution is 2.36. The zero-order valence-corrected chi connectivity index (χ0v) is 11.8. The van der Waals surface area contributed by atoms with Gasteiger partial charge in [0, 0.05) is 0 Å². The van der Waals surface area contributed by atoms with Crippen molar-refractivity contribution in [1.29, 1.82) is 0 Å². The molecule has 0 radical (unpaired) electrons. The maximum absolute atomic E-state index is 12.6. The number of quaternary nitrogens is 2. The van der Waals surface area contributed by atoms with Gasteiger partial charge in [-0.25, -0.2) is 0 Å². The number of hydrogen-bond acceptors (Lipinski definition) is 2. The van der Waals surface area contributed by atoms with Crippen molar-refractivity contribution in [2.75, 3.05) is 26.2 Å². The molecule has 4 aliphatic heterocycles. The molecular formula is C14H20N2OS+2. The highest BCUT2D eigenvalue weighted by Gasteiger charge is 2.68. The lowest BCUT2D eigenvalue weighted by molar-refractivity contribution is -1.18. The lowest BCUT2D eigenvalue weighted by atomic mass is 9.62. The second-order valence-corrected chi connectivity index (χ2v) is 7.90. The Balaban J connectivity index is 1.77. The summed E-state index contributed by atoms with van der Waals surface area (Å²) < 4.78 is 0. The standard InChI is InChI=1S/C14H18N2OS/c1-13-6-15-8-14(2,12(13)17)9-16(7-13)11(15)10-4-3-5-18-10/h3-5,11H,6-9H2,1-2H3/p+2. The van der Waals surface area contributed by atoms with E-state index in [9.17, 15) is 4.79 Å². The van der Waals surface area contributed by atoms with Crippen molar-refractivity contribution in [2.24, 2.45) is 10.8 Å². The number of hydrogen-bond donors (Lipinski definition) is 2.